The number of carbonyl (C=O) groups excluding carboxylic acids is 1. The Bertz CT molecular complexity index is 979. The third kappa shape index (κ3) is 4.29. The Morgan fingerprint density at radius 2 is 1.64 bits per heavy atom. The monoisotopic (exact) mass is 370 g/mol. The third-order valence-electron chi connectivity index (χ3n) is 4.85. The molecule has 1 amide bonds. The number of carbonyl (C=O) groups is 1. The lowest BCUT2D eigenvalue weighted by Gasteiger charge is -2.17. The van der Waals surface area contributed by atoms with Gasteiger partial charge in [-0.1, -0.05) is 54.6 Å². The topological polar surface area (TPSA) is 50.7 Å². The highest BCUT2D eigenvalue weighted by Crippen LogP contribution is 2.21. The van der Waals surface area contributed by atoms with E-state index in [0.29, 0.717) is 12.2 Å². The van der Waals surface area contributed by atoms with Gasteiger partial charge in [0, 0.05) is 11.1 Å². The number of hydrogen-bond donors (Lipinski definition) is 1. The summed E-state index contributed by atoms with van der Waals surface area (Å²) in [5.74, 6) is 0.512. The molecule has 0 unspecified atom stereocenters. The number of ether oxygens (including phenoxy) is 1. The number of nitrogens with zero attached hydrogens (tertiary/aromatic N) is 1. The molecule has 28 heavy (non-hydrogen) atoms. The summed E-state index contributed by atoms with van der Waals surface area (Å²) in [6.07, 6.45) is 3.00. The maximum absolute atomic E-state index is 12.4. The maximum Gasteiger partial charge on any atom is 0.271 e. The Hall–Kier alpha value is -3.40. The first-order chi connectivity index (χ1) is 13.8. The smallest absolute Gasteiger partial charge is 0.271 e. The van der Waals surface area contributed by atoms with Crippen LogP contribution in [-0.2, 0) is 13.0 Å². The van der Waals surface area contributed by atoms with Crippen LogP contribution in [0.5, 0.6) is 5.75 Å². The lowest BCUT2D eigenvalue weighted by Crippen LogP contribution is -2.22. The zero-order valence-corrected chi connectivity index (χ0v) is 15.6. The zero-order valence-electron chi connectivity index (χ0n) is 15.6. The van der Waals surface area contributed by atoms with E-state index >= 15 is 0 Å². The average Bonchev–Trinajstić information content (AvgIpc) is 2.77. The van der Waals surface area contributed by atoms with E-state index in [9.17, 15) is 4.79 Å². The Kier molecular flexibility index (Phi) is 5.48. The minimum absolute atomic E-state index is 0.217. The van der Waals surface area contributed by atoms with E-state index in [4.69, 9.17) is 4.74 Å². The summed E-state index contributed by atoms with van der Waals surface area (Å²) in [6.45, 7) is 0.499. The molecule has 0 fully saturated rings. The second-order valence-electron chi connectivity index (χ2n) is 6.81. The molecule has 0 aromatic heterocycles. The summed E-state index contributed by atoms with van der Waals surface area (Å²) in [4.78, 5) is 12.4. The third-order valence-corrected chi connectivity index (χ3v) is 4.85. The van der Waals surface area contributed by atoms with Crippen molar-refractivity contribution in [3.8, 4) is 5.75 Å². The van der Waals surface area contributed by atoms with E-state index < -0.39 is 0 Å². The number of nitrogens with one attached hydrogen (secondary N) is 1. The number of benzene rings is 3. The van der Waals surface area contributed by atoms with Crippen molar-refractivity contribution in [2.45, 2.75) is 25.9 Å². The van der Waals surface area contributed by atoms with Gasteiger partial charge >= 0.3 is 0 Å². The van der Waals surface area contributed by atoms with Gasteiger partial charge in [-0.05, 0) is 54.7 Å². The van der Waals surface area contributed by atoms with Crippen molar-refractivity contribution in [2.75, 3.05) is 0 Å². The molecule has 4 heteroatoms. The molecular weight excluding hydrogens is 348 g/mol. The van der Waals surface area contributed by atoms with E-state index in [0.717, 1.165) is 41.9 Å². The molecule has 1 N–H and O–H groups in total. The normalized spacial score (nSPS) is 14.4. The molecule has 0 aliphatic heterocycles. The number of amides is 1. The van der Waals surface area contributed by atoms with Crippen molar-refractivity contribution in [3.63, 3.8) is 0 Å². The fourth-order valence-corrected chi connectivity index (χ4v) is 3.34. The number of fused-ring (bicyclic) bond motifs is 1. The van der Waals surface area contributed by atoms with Crippen molar-refractivity contribution in [3.05, 3.63) is 101 Å². The second-order valence-corrected chi connectivity index (χ2v) is 6.81. The van der Waals surface area contributed by atoms with Crippen LogP contribution in [0.3, 0.4) is 0 Å². The fraction of sp³-hybridized carbons (Fsp3) is 0.167. The second kappa shape index (κ2) is 8.53. The van der Waals surface area contributed by atoms with Gasteiger partial charge in [0.25, 0.3) is 5.91 Å². The Balaban J connectivity index is 1.38. The highest BCUT2D eigenvalue weighted by molar-refractivity contribution is 6.04. The lowest BCUT2D eigenvalue weighted by molar-refractivity contribution is 0.0954. The summed E-state index contributed by atoms with van der Waals surface area (Å²) in [5, 5.41) is 4.39. The van der Waals surface area contributed by atoms with Crippen LogP contribution in [0.25, 0.3) is 0 Å². The molecular formula is C24H22N2O2. The van der Waals surface area contributed by atoms with Crippen molar-refractivity contribution in [1.29, 1.82) is 0 Å². The molecule has 0 heterocycles. The van der Waals surface area contributed by atoms with E-state index in [1.807, 2.05) is 42.5 Å². The molecule has 140 valence electrons. The van der Waals surface area contributed by atoms with Gasteiger partial charge in [0.15, 0.2) is 0 Å². The molecule has 0 saturated heterocycles. The zero-order chi connectivity index (χ0) is 19.2. The Morgan fingerprint density at radius 3 is 2.46 bits per heavy atom. The molecule has 0 spiro atoms. The molecule has 3 aromatic carbocycles. The predicted octanol–water partition coefficient (Wildman–Crippen LogP) is 4.74. The van der Waals surface area contributed by atoms with Crippen molar-refractivity contribution in [2.24, 2.45) is 5.10 Å². The van der Waals surface area contributed by atoms with E-state index in [1.165, 1.54) is 5.56 Å². The molecule has 0 saturated carbocycles. The van der Waals surface area contributed by atoms with Gasteiger partial charge in [-0.15, -0.1) is 0 Å². The number of rotatable bonds is 5. The fourth-order valence-electron chi connectivity index (χ4n) is 3.34. The number of aryl methyl sites for hydroxylation is 1. The largest absolute Gasteiger partial charge is 0.489 e. The first kappa shape index (κ1) is 18.0. The highest BCUT2D eigenvalue weighted by Gasteiger charge is 2.15. The van der Waals surface area contributed by atoms with Crippen LogP contribution < -0.4 is 10.2 Å². The van der Waals surface area contributed by atoms with Gasteiger partial charge in [-0.25, -0.2) is 5.43 Å². The van der Waals surface area contributed by atoms with Crippen LogP contribution in [0.4, 0.5) is 0 Å². The summed E-state index contributed by atoms with van der Waals surface area (Å²) < 4.78 is 5.76. The van der Waals surface area contributed by atoms with Crippen LogP contribution in [0.2, 0.25) is 0 Å². The number of hydrogen-bond acceptors (Lipinski definition) is 3. The lowest BCUT2D eigenvalue weighted by atomic mass is 9.90. The van der Waals surface area contributed by atoms with Gasteiger partial charge in [-0.2, -0.15) is 5.10 Å². The molecule has 0 radical (unpaired) electrons. The number of hydrazone groups is 1. The molecule has 0 atom stereocenters. The standard InChI is InChI=1S/C24H22N2O2/c27-24(26-25-23-12-6-10-19-9-4-5-11-22(19)23)20-13-15-21(16-14-20)28-17-18-7-2-1-3-8-18/h1-5,7-9,11,13-16H,6,10,12,17H2,(H,26,27)/b25-23+. The first-order valence-corrected chi connectivity index (χ1v) is 9.51. The van der Waals surface area contributed by atoms with Crippen LogP contribution in [0, 0.1) is 0 Å². The summed E-state index contributed by atoms with van der Waals surface area (Å²) in [6, 6.07) is 25.4. The van der Waals surface area contributed by atoms with E-state index in [2.05, 4.69) is 22.7 Å². The van der Waals surface area contributed by atoms with Crippen molar-refractivity contribution < 1.29 is 9.53 Å². The van der Waals surface area contributed by atoms with Crippen LogP contribution in [0.1, 0.15) is 39.9 Å². The van der Waals surface area contributed by atoms with E-state index in [1.54, 1.807) is 24.3 Å². The minimum Gasteiger partial charge on any atom is -0.489 e. The van der Waals surface area contributed by atoms with Gasteiger partial charge in [0.05, 0.1) is 5.71 Å². The predicted molar refractivity (Wildman–Crippen MR) is 111 cm³/mol. The quantitative estimate of drug-likeness (QED) is 0.660. The summed E-state index contributed by atoms with van der Waals surface area (Å²) in [7, 11) is 0. The van der Waals surface area contributed by atoms with Gasteiger partial charge in [0.2, 0.25) is 0 Å². The average molecular weight is 370 g/mol. The SMILES string of the molecule is O=C(N/N=C1\CCCc2ccccc21)c1ccc(OCc2ccccc2)cc1. The highest BCUT2D eigenvalue weighted by atomic mass is 16.5. The van der Waals surface area contributed by atoms with Crippen LogP contribution in [0.15, 0.2) is 84.0 Å². The molecule has 0 bridgehead atoms. The first-order valence-electron chi connectivity index (χ1n) is 9.51. The minimum atomic E-state index is -0.217. The van der Waals surface area contributed by atoms with E-state index in [-0.39, 0.29) is 5.91 Å². The maximum atomic E-state index is 12.4. The van der Waals surface area contributed by atoms with Gasteiger partial charge in [-0.3, -0.25) is 4.79 Å². The summed E-state index contributed by atoms with van der Waals surface area (Å²) >= 11 is 0. The molecule has 4 nitrogen and oxygen atoms in total. The molecule has 1 aliphatic carbocycles. The Labute approximate surface area is 164 Å². The summed E-state index contributed by atoms with van der Waals surface area (Å²) in [5.41, 5.74) is 7.73. The van der Waals surface area contributed by atoms with Crippen LogP contribution in [-0.4, -0.2) is 11.6 Å². The van der Waals surface area contributed by atoms with Crippen molar-refractivity contribution in [1.82, 2.24) is 5.43 Å². The van der Waals surface area contributed by atoms with Crippen LogP contribution >= 0.6 is 0 Å². The Morgan fingerprint density at radius 1 is 0.893 bits per heavy atom. The van der Waals surface area contributed by atoms with Gasteiger partial charge < -0.3 is 4.74 Å². The molecule has 4 rings (SSSR count). The van der Waals surface area contributed by atoms with Gasteiger partial charge in [0.1, 0.15) is 12.4 Å². The molecule has 3 aromatic rings. The molecule has 1 aliphatic rings. The van der Waals surface area contributed by atoms with Crippen molar-refractivity contribution >= 4 is 11.6 Å².